The molecule has 3 aromatic heterocycles. The van der Waals surface area contributed by atoms with E-state index in [1.807, 2.05) is 13.0 Å². The standard InChI is InChI=1S/C20H18N4O2S/c1-11-8-13(10-27-11)14-4-6-22-9-16(14)17-15(18(21)25)5-7-23-19(17)24-20(26)12-2-3-12/h4-10,12H,2-3H2,1H3,(H2,21,25)(H,23,24,26). The van der Waals surface area contributed by atoms with Crippen LogP contribution >= 0.6 is 11.3 Å². The van der Waals surface area contributed by atoms with Gasteiger partial charge in [-0.05, 0) is 54.5 Å². The van der Waals surface area contributed by atoms with Crippen molar-refractivity contribution in [2.24, 2.45) is 11.7 Å². The zero-order chi connectivity index (χ0) is 19.0. The van der Waals surface area contributed by atoms with Crippen LogP contribution in [0.25, 0.3) is 22.3 Å². The molecule has 1 aliphatic carbocycles. The van der Waals surface area contributed by atoms with Gasteiger partial charge in [-0.25, -0.2) is 4.98 Å². The van der Waals surface area contributed by atoms with Crippen LogP contribution in [0.2, 0.25) is 0 Å². The van der Waals surface area contributed by atoms with Gasteiger partial charge in [0.25, 0.3) is 0 Å². The fourth-order valence-electron chi connectivity index (χ4n) is 3.03. The first-order valence-electron chi connectivity index (χ1n) is 8.64. The zero-order valence-electron chi connectivity index (χ0n) is 14.7. The van der Waals surface area contributed by atoms with E-state index in [4.69, 9.17) is 5.73 Å². The summed E-state index contributed by atoms with van der Waals surface area (Å²) in [6, 6.07) is 5.54. The molecule has 136 valence electrons. The number of carbonyl (C=O) groups excluding carboxylic acids is 2. The van der Waals surface area contributed by atoms with E-state index in [1.54, 1.807) is 29.8 Å². The number of hydrogen-bond acceptors (Lipinski definition) is 5. The molecule has 3 heterocycles. The van der Waals surface area contributed by atoms with Crippen molar-refractivity contribution in [1.29, 1.82) is 0 Å². The van der Waals surface area contributed by atoms with Crippen LogP contribution in [-0.4, -0.2) is 21.8 Å². The molecule has 0 aromatic carbocycles. The summed E-state index contributed by atoms with van der Waals surface area (Å²) in [6.45, 7) is 2.04. The molecule has 4 rings (SSSR count). The molecular formula is C20H18N4O2S. The van der Waals surface area contributed by atoms with E-state index >= 15 is 0 Å². The van der Waals surface area contributed by atoms with Gasteiger partial charge in [-0.3, -0.25) is 14.6 Å². The smallest absolute Gasteiger partial charge is 0.249 e. The van der Waals surface area contributed by atoms with Crippen LogP contribution < -0.4 is 11.1 Å². The van der Waals surface area contributed by atoms with Crippen molar-refractivity contribution in [1.82, 2.24) is 9.97 Å². The molecule has 27 heavy (non-hydrogen) atoms. The third kappa shape index (κ3) is 3.46. The number of hydrogen-bond donors (Lipinski definition) is 2. The lowest BCUT2D eigenvalue weighted by molar-refractivity contribution is -0.117. The fourth-order valence-corrected chi connectivity index (χ4v) is 3.73. The Morgan fingerprint density at radius 3 is 2.70 bits per heavy atom. The largest absolute Gasteiger partial charge is 0.366 e. The first-order valence-corrected chi connectivity index (χ1v) is 9.52. The van der Waals surface area contributed by atoms with Crippen molar-refractivity contribution in [2.45, 2.75) is 19.8 Å². The highest BCUT2D eigenvalue weighted by atomic mass is 32.1. The molecule has 1 aliphatic rings. The molecule has 0 unspecified atom stereocenters. The summed E-state index contributed by atoms with van der Waals surface area (Å²) in [5.74, 6) is -0.304. The summed E-state index contributed by atoms with van der Waals surface area (Å²) in [7, 11) is 0. The quantitative estimate of drug-likeness (QED) is 0.708. The lowest BCUT2D eigenvalue weighted by atomic mass is 9.94. The number of pyridine rings is 2. The van der Waals surface area contributed by atoms with Crippen LogP contribution in [0.4, 0.5) is 5.82 Å². The Kier molecular flexibility index (Phi) is 4.45. The molecule has 1 fully saturated rings. The maximum atomic E-state index is 12.3. The number of primary amides is 1. The molecular weight excluding hydrogens is 360 g/mol. The number of carbonyl (C=O) groups is 2. The minimum absolute atomic E-state index is 0.0183. The highest BCUT2D eigenvalue weighted by Gasteiger charge is 2.31. The van der Waals surface area contributed by atoms with E-state index in [1.165, 1.54) is 11.1 Å². The van der Waals surface area contributed by atoms with Crippen molar-refractivity contribution < 1.29 is 9.59 Å². The number of aromatic nitrogens is 2. The van der Waals surface area contributed by atoms with Gasteiger partial charge in [0.1, 0.15) is 5.82 Å². The molecule has 0 bridgehead atoms. The second kappa shape index (κ2) is 6.92. The predicted octanol–water partition coefficient (Wildman–Crippen LogP) is 3.63. The molecule has 2 amide bonds. The predicted molar refractivity (Wildman–Crippen MR) is 105 cm³/mol. The number of rotatable bonds is 5. The van der Waals surface area contributed by atoms with E-state index in [2.05, 4.69) is 26.7 Å². The summed E-state index contributed by atoms with van der Waals surface area (Å²) in [5.41, 5.74) is 9.07. The van der Waals surface area contributed by atoms with E-state index < -0.39 is 5.91 Å². The summed E-state index contributed by atoms with van der Waals surface area (Å²) >= 11 is 1.64. The van der Waals surface area contributed by atoms with E-state index in [9.17, 15) is 9.59 Å². The third-order valence-electron chi connectivity index (χ3n) is 4.54. The summed E-state index contributed by atoms with van der Waals surface area (Å²) < 4.78 is 0. The molecule has 7 heteroatoms. The second-order valence-corrected chi connectivity index (χ2v) is 7.69. The normalized spacial score (nSPS) is 13.4. The van der Waals surface area contributed by atoms with Gasteiger partial charge in [0.15, 0.2) is 0 Å². The van der Waals surface area contributed by atoms with Gasteiger partial charge in [-0.2, -0.15) is 0 Å². The highest BCUT2D eigenvalue weighted by Crippen LogP contribution is 2.39. The first kappa shape index (κ1) is 17.4. The number of amides is 2. The van der Waals surface area contributed by atoms with Crippen molar-refractivity contribution >= 4 is 29.0 Å². The number of nitrogens with one attached hydrogen (secondary N) is 1. The SMILES string of the molecule is Cc1cc(-c2ccncc2-c2c(C(N)=O)ccnc2NC(=O)C2CC2)cs1. The number of anilines is 1. The maximum Gasteiger partial charge on any atom is 0.249 e. The number of aryl methyl sites for hydroxylation is 1. The third-order valence-corrected chi connectivity index (χ3v) is 5.40. The van der Waals surface area contributed by atoms with Crippen LogP contribution in [0, 0.1) is 12.8 Å². The molecule has 6 nitrogen and oxygen atoms in total. The second-order valence-electron chi connectivity index (χ2n) is 6.58. The number of nitrogens with zero attached hydrogens (tertiary/aromatic N) is 2. The number of thiophene rings is 1. The molecule has 0 spiro atoms. The Morgan fingerprint density at radius 1 is 1.22 bits per heavy atom. The summed E-state index contributed by atoms with van der Waals surface area (Å²) in [4.78, 5) is 34.1. The van der Waals surface area contributed by atoms with Crippen LogP contribution in [0.15, 0.2) is 42.2 Å². The Labute approximate surface area is 160 Å². The minimum Gasteiger partial charge on any atom is -0.366 e. The topological polar surface area (TPSA) is 98.0 Å². The Morgan fingerprint density at radius 2 is 2.04 bits per heavy atom. The van der Waals surface area contributed by atoms with Crippen LogP contribution in [0.3, 0.4) is 0 Å². The summed E-state index contributed by atoms with van der Waals surface area (Å²) in [6.07, 6.45) is 6.62. The summed E-state index contributed by atoms with van der Waals surface area (Å²) in [5, 5.41) is 4.92. The van der Waals surface area contributed by atoms with E-state index in [0.717, 1.165) is 24.0 Å². The van der Waals surface area contributed by atoms with Gasteiger partial charge in [-0.15, -0.1) is 11.3 Å². The van der Waals surface area contributed by atoms with Gasteiger partial charge >= 0.3 is 0 Å². The lowest BCUT2D eigenvalue weighted by Gasteiger charge is -2.15. The van der Waals surface area contributed by atoms with Gasteiger partial charge in [0.2, 0.25) is 11.8 Å². The first-order chi connectivity index (χ1) is 13.0. The van der Waals surface area contributed by atoms with Crippen molar-refractivity contribution in [3.63, 3.8) is 0 Å². The van der Waals surface area contributed by atoms with Crippen molar-refractivity contribution in [3.05, 3.63) is 52.6 Å². The molecule has 0 atom stereocenters. The fraction of sp³-hybridized carbons (Fsp3) is 0.200. The van der Waals surface area contributed by atoms with Gasteiger partial charge in [0.05, 0.1) is 5.56 Å². The Bertz CT molecular complexity index is 1040. The van der Waals surface area contributed by atoms with Gasteiger partial charge in [-0.1, -0.05) is 0 Å². The minimum atomic E-state index is -0.578. The van der Waals surface area contributed by atoms with E-state index in [-0.39, 0.29) is 11.8 Å². The lowest BCUT2D eigenvalue weighted by Crippen LogP contribution is -2.18. The monoisotopic (exact) mass is 378 g/mol. The molecule has 0 radical (unpaired) electrons. The van der Waals surface area contributed by atoms with Crippen LogP contribution in [0.5, 0.6) is 0 Å². The highest BCUT2D eigenvalue weighted by molar-refractivity contribution is 7.10. The van der Waals surface area contributed by atoms with Crippen molar-refractivity contribution in [3.8, 4) is 22.3 Å². The molecule has 3 aromatic rings. The Hall–Kier alpha value is -3.06. The zero-order valence-corrected chi connectivity index (χ0v) is 15.5. The molecule has 0 aliphatic heterocycles. The average Bonchev–Trinajstić information content (AvgIpc) is 3.43. The molecule has 0 saturated heterocycles. The van der Waals surface area contributed by atoms with E-state index in [0.29, 0.717) is 22.5 Å². The van der Waals surface area contributed by atoms with Crippen molar-refractivity contribution in [2.75, 3.05) is 5.32 Å². The number of nitrogens with two attached hydrogens (primary N) is 1. The molecule has 3 N–H and O–H groups in total. The van der Waals surface area contributed by atoms with Gasteiger partial charge < -0.3 is 11.1 Å². The van der Waals surface area contributed by atoms with Crippen LogP contribution in [0.1, 0.15) is 28.1 Å². The van der Waals surface area contributed by atoms with Gasteiger partial charge in [0, 0.05) is 40.5 Å². The maximum absolute atomic E-state index is 12.3. The average molecular weight is 378 g/mol. The molecule has 1 saturated carbocycles. The van der Waals surface area contributed by atoms with Crippen LogP contribution in [-0.2, 0) is 4.79 Å². The Balaban J connectivity index is 1.90.